The molecule has 1 unspecified atom stereocenters. The van der Waals surface area contributed by atoms with Crippen molar-refractivity contribution in [1.82, 2.24) is 0 Å². The average Bonchev–Trinajstić information content (AvgIpc) is 2.38. The monoisotopic (exact) mass is 240 g/mol. The van der Waals surface area contributed by atoms with Gasteiger partial charge in [0.15, 0.2) is 0 Å². The summed E-state index contributed by atoms with van der Waals surface area (Å²) in [6.07, 6.45) is 2.85. The largest absolute Gasteiger partial charge is 0.324 e. The highest BCUT2D eigenvalue weighted by atomic mass is 32.2. The molecule has 0 spiro atoms. The Morgan fingerprint density at radius 1 is 1.38 bits per heavy atom. The zero-order valence-electron chi connectivity index (χ0n) is 9.26. The van der Waals surface area contributed by atoms with Crippen molar-refractivity contribution in [3.05, 3.63) is 29.8 Å². The normalized spacial score (nSPS) is 21.4. The second kappa shape index (κ2) is 4.07. The third kappa shape index (κ3) is 2.05. The first-order valence-corrected chi connectivity index (χ1v) is 7.17. The fourth-order valence-electron chi connectivity index (χ4n) is 2.10. The molecule has 1 aromatic carbocycles. The van der Waals surface area contributed by atoms with Crippen LogP contribution in [0.2, 0.25) is 0 Å². The molecule has 0 bridgehead atoms. The fourth-order valence-corrected chi connectivity index (χ4v) is 3.09. The SMILES string of the molecule is CS(=O)(=O)N1CCCC(N)c2ccccc21. The summed E-state index contributed by atoms with van der Waals surface area (Å²) in [5.74, 6) is 0. The Morgan fingerprint density at radius 2 is 2.06 bits per heavy atom. The minimum atomic E-state index is -3.21. The van der Waals surface area contributed by atoms with Gasteiger partial charge in [0.25, 0.3) is 0 Å². The fraction of sp³-hybridized carbons (Fsp3) is 0.455. The van der Waals surface area contributed by atoms with E-state index in [1.807, 2.05) is 24.3 Å². The number of sulfonamides is 1. The number of para-hydroxylation sites is 1. The van der Waals surface area contributed by atoms with E-state index in [9.17, 15) is 8.42 Å². The molecule has 5 heteroatoms. The quantitative estimate of drug-likeness (QED) is 0.803. The molecule has 0 fully saturated rings. The number of fused-ring (bicyclic) bond motifs is 1. The van der Waals surface area contributed by atoms with Crippen molar-refractivity contribution in [2.45, 2.75) is 18.9 Å². The number of nitrogens with two attached hydrogens (primary N) is 1. The summed E-state index contributed by atoms with van der Waals surface area (Å²) in [5.41, 5.74) is 7.68. The average molecular weight is 240 g/mol. The zero-order valence-corrected chi connectivity index (χ0v) is 10.1. The Morgan fingerprint density at radius 3 is 2.75 bits per heavy atom. The van der Waals surface area contributed by atoms with Crippen molar-refractivity contribution in [3.8, 4) is 0 Å². The van der Waals surface area contributed by atoms with E-state index < -0.39 is 10.0 Å². The molecule has 0 aromatic heterocycles. The number of benzene rings is 1. The van der Waals surface area contributed by atoms with Gasteiger partial charge in [0.1, 0.15) is 0 Å². The van der Waals surface area contributed by atoms with E-state index in [-0.39, 0.29) is 6.04 Å². The molecule has 4 nitrogen and oxygen atoms in total. The van der Waals surface area contributed by atoms with Gasteiger partial charge in [-0.05, 0) is 24.5 Å². The van der Waals surface area contributed by atoms with E-state index in [0.717, 1.165) is 24.1 Å². The molecular formula is C11H16N2O2S. The van der Waals surface area contributed by atoms with Crippen LogP contribution in [0.5, 0.6) is 0 Å². The second-order valence-electron chi connectivity index (χ2n) is 4.14. The van der Waals surface area contributed by atoms with Crippen LogP contribution in [-0.4, -0.2) is 21.2 Å². The maximum absolute atomic E-state index is 11.7. The molecule has 1 aromatic rings. The lowest BCUT2D eigenvalue weighted by atomic mass is 10.0. The first kappa shape index (κ1) is 11.4. The van der Waals surface area contributed by atoms with E-state index in [4.69, 9.17) is 5.73 Å². The van der Waals surface area contributed by atoms with Crippen molar-refractivity contribution in [2.24, 2.45) is 5.73 Å². The summed E-state index contributed by atoms with van der Waals surface area (Å²) >= 11 is 0. The summed E-state index contributed by atoms with van der Waals surface area (Å²) in [7, 11) is -3.21. The van der Waals surface area contributed by atoms with Gasteiger partial charge in [-0.3, -0.25) is 4.31 Å². The Labute approximate surface area is 96.1 Å². The van der Waals surface area contributed by atoms with Gasteiger partial charge in [-0.25, -0.2) is 8.42 Å². The van der Waals surface area contributed by atoms with Gasteiger partial charge in [0.2, 0.25) is 10.0 Å². The molecule has 0 saturated carbocycles. The maximum atomic E-state index is 11.7. The number of rotatable bonds is 1. The molecule has 0 amide bonds. The second-order valence-corrected chi connectivity index (χ2v) is 6.05. The smallest absolute Gasteiger partial charge is 0.232 e. The van der Waals surface area contributed by atoms with Gasteiger partial charge in [-0.2, -0.15) is 0 Å². The standard InChI is InChI=1S/C11H16N2O2S/c1-16(14,15)13-8-4-6-10(12)9-5-2-3-7-11(9)13/h2-3,5,7,10H,4,6,8,12H2,1H3. The Kier molecular flexibility index (Phi) is 2.90. The summed E-state index contributed by atoms with van der Waals surface area (Å²) in [5, 5.41) is 0. The van der Waals surface area contributed by atoms with Crippen LogP contribution in [-0.2, 0) is 10.0 Å². The lowest BCUT2D eigenvalue weighted by Gasteiger charge is -2.22. The Balaban J connectivity index is 2.56. The number of hydrogen-bond acceptors (Lipinski definition) is 3. The van der Waals surface area contributed by atoms with Crippen molar-refractivity contribution >= 4 is 15.7 Å². The van der Waals surface area contributed by atoms with E-state index in [0.29, 0.717) is 6.54 Å². The third-order valence-electron chi connectivity index (χ3n) is 2.88. The third-order valence-corrected chi connectivity index (χ3v) is 4.06. The highest BCUT2D eigenvalue weighted by Gasteiger charge is 2.25. The van der Waals surface area contributed by atoms with Crippen LogP contribution in [0.25, 0.3) is 0 Å². The predicted octanol–water partition coefficient (Wildman–Crippen LogP) is 1.25. The molecule has 0 saturated heterocycles. The van der Waals surface area contributed by atoms with Gasteiger partial charge in [0, 0.05) is 12.6 Å². The van der Waals surface area contributed by atoms with Gasteiger partial charge in [0.05, 0.1) is 11.9 Å². The van der Waals surface area contributed by atoms with Crippen LogP contribution < -0.4 is 10.0 Å². The molecule has 0 aliphatic carbocycles. The Hall–Kier alpha value is -1.07. The van der Waals surface area contributed by atoms with Crippen LogP contribution in [0.4, 0.5) is 5.69 Å². The molecule has 2 rings (SSSR count). The van der Waals surface area contributed by atoms with Crippen LogP contribution in [0.1, 0.15) is 24.4 Å². The van der Waals surface area contributed by atoms with Crippen molar-refractivity contribution in [2.75, 3.05) is 17.1 Å². The first-order valence-electron chi connectivity index (χ1n) is 5.32. The summed E-state index contributed by atoms with van der Waals surface area (Å²) in [6.45, 7) is 0.517. The van der Waals surface area contributed by atoms with Crippen molar-refractivity contribution in [3.63, 3.8) is 0 Å². The van der Waals surface area contributed by atoms with Gasteiger partial charge in [-0.15, -0.1) is 0 Å². The zero-order chi connectivity index (χ0) is 11.8. The Bertz CT molecular complexity index is 485. The van der Waals surface area contributed by atoms with Crippen LogP contribution in [0.15, 0.2) is 24.3 Å². The molecule has 88 valence electrons. The van der Waals surface area contributed by atoms with E-state index >= 15 is 0 Å². The molecule has 1 atom stereocenters. The lowest BCUT2D eigenvalue weighted by molar-refractivity contribution is 0.592. The number of hydrogen-bond donors (Lipinski definition) is 1. The highest BCUT2D eigenvalue weighted by Crippen LogP contribution is 2.32. The van der Waals surface area contributed by atoms with Gasteiger partial charge >= 0.3 is 0 Å². The van der Waals surface area contributed by atoms with Crippen molar-refractivity contribution < 1.29 is 8.42 Å². The molecular weight excluding hydrogens is 224 g/mol. The molecule has 1 aliphatic heterocycles. The lowest BCUT2D eigenvalue weighted by Crippen LogP contribution is -2.30. The summed E-state index contributed by atoms with van der Waals surface area (Å²) < 4.78 is 24.8. The molecule has 1 aliphatic rings. The van der Waals surface area contributed by atoms with Gasteiger partial charge < -0.3 is 5.73 Å². The molecule has 16 heavy (non-hydrogen) atoms. The van der Waals surface area contributed by atoms with Gasteiger partial charge in [-0.1, -0.05) is 18.2 Å². The predicted molar refractivity (Wildman–Crippen MR) is 64.8 cm³/mol. The summed E-state index contributed by atoms with van der Waals surface area (Å²) in [6, 6.07) is 7.40. The molecule has 1 heterocycles. The van der Waals surface area contributed by atoms with Crippen LogP contribution >= 0.6 is 0 Å². The number of anilines is 1. The topological polar surface area (TPSA) is 63.4 Å². The van der Waals surface area contributed by atoms with E-state index in [2.05, 4.69) is 0 Å². The molecule has 2 N–H and O–H groups in total. The minimum absolute atomic E-state index is 0.0667. The van der Waals surface area contributed by atoms with E-state index in [1.54, 1.807) is 0 Å². The first-order chi connectivity index (χ1) is 7.50. The molecule has 0 radical (unpaired) electrons. The van der Waals surface area contributed by atoms with Crippen LogP contribution in [0, 0.1) is 0 Å². The van der Waals surface area contributed by atoms with E-state index in [1.165, 1.54) is 10.6 Å². The minimum Gasteiger partial charge on any atom is -0.324 e. The highest BCUT2D eigenvalue weighted by molar-refractivity contribution is 7.92. The van der Waals surface area contributed by atoms with Crippen molar-refractivity contribution in [1.29, 1.82) is 0 Å². The summed E-state index contributed by atoms with van der Waals surface area (Å²) in [4.78, 5) is 0. The maximum Gasteiger partial charge on any atom is 0.232 e. The number of nitrogens with zero attached hydrogens (tertiary/aromatic N) is 1. The van der Waals surface area contributed by atoms with Crippen LogP contribution in [0.3, 0.4) is 0 Å².